The summed E-state index contributed by atoms with van der Waals surface area (Å²) in [5.74, 6) is 0.144. The average Bonchev–Trinajstić information content (AvgIpc) is 2.74. The lowest BCUT2D eigenvalue weighted by Gasteiger charge is -2.35. The third-order valence-corrected chi connectivity index (χ3v) is 5.11. The van der Waals surface area contributed by atoms with Crippen molar-refractivity contribution in [3.8, 4) is 0 Å². The van der Waals surface area contributed by atoms with Crippen LogP contribution in [0.4, 0.5) is 16.2 Å². The average molecular weight is 381 g/mol. The summed E-state index contributed by atoms with van der Waals surface area (Å²) in [4.78, 5) is 26.2. The number of nitrogens with one attached hydrogen (secondary N) is 2. The van der Waals surface area contributed by atoms with Gasteiger partial charge in [-0.2, -0.15) is 0 Å². The van der Waals surface area contributed by atoms with Crippen LogP contribution in [-0.4, -0.2) is 38.7 Å². The van der Waals surface area contributed by atoms with Crippen LogP contribution < -0.4 is 15.5 Å². The van der Waals surface area contributed by atoms with Gasteiger partial charge in [0.2, 0.25) is 0 Å². The zero-order valence-corrected chi connectivity index (χ0v) is 16.4. The van der Waals surface area contributed by atoms with Crippen molar-refractivity contribution >= 4 is 23.4 Å². The van der Waals surface area contributed by atoms with E-state index in [1.165, 1.54) is 12.7 Å². The van der Waals surface area contributed by atoms with Crippen molar-refractivity contribution in [1.82, 2.24) is 5.32 Å². The largest absolute Gasteiger partial charge is 0.465 e. The van der Waals surface area contributed by atoms with E-state index in [0.29, 0.717) is 23.7 Å². The molecule has 0 radical (unpaired) electrons. The Hall–Kier alpha value is -3.02. The minimum Gasteiger partial charge on any atom is -0.465 e. The van der Waals surface area contributed by atoms with E-state index >= 15 is 0 Å². The van der Waals surface area contributed by atoms with Crippen molar-refractivity contribution in [3.05, 3.63) is 59.7 Å². The molecule has 0 aliphatic carbocycles. The van der Waals surface area contributed by atoms with Crippen LogP contribution in [0, 0.1) is 0 Å². The number of esters is 1. The van der Waals surface area contributed by atoms with E-state index in [2.05, 4.69) is 39.8 Å². The highest BCUT2D eigenvalue weighted by Crippen LogP contribution is 2.34. The molecule has 0 bridgehead atoms. The molecule has 6 nitrogen and oxygen atoms in total. The van der Waals surface area contributed by atoms with Crippen molar-refractivity contribution in [3.63, 3.8) is 0 Å². The molecular weight excluding hydrogens is 354 g/mol. The van der Waals surface area contributed by atoms with Gasteiger partial charge in [-0.15, -0.1) is 0 Å². The number of hydrogen-bond donors (Lipinski definition) is 2. The zero-order valence-electron chi connectivity index (χ0n) is 16.4. The normalized spacial score (nSPS) is 14.4. The van der Waals surface area contributed by atoms with Gasteiger partial charge in [0.15, 0.2) is 0 Å². The molecular formula is C22H27N3O3. The second-order valence-corrected chi connectivity index (χ2v) is 6.88. The SMILES string of the molecule is CCNC(=O)Nc1ccc(C(=O)OC)cc1N1CCC(c2ccccc2)CC1. The van der Waals surface area contributed by atoms with Gasteiger partial charge < -0.3 is 20.3 Å². The molecule has 1 heterocycles. The van der Waals surface area contributed by atoms with Gasteiger partial charge in [0.05, 0.1) is 24.0 Å². The summed E-state index contributed by atoms with van der Waals surface area (Å²) in [5.41, 5.74) is 3.38. The van der Waals surface area contributed by atoms with Gasteiger partial charge in [0.25, 0.3) is 0 Å². The highest BCUT2D eigenvalue weighted by Gasteiger charge is 2.23. The van der Waals surface area contributed by atoms with Gasteiger partial charge in [-0.05, 0) is 49.4 Å². The van der Waals surface area contributed by atoms with Gasteiger partial charge in [0.1, 0.15) is 0 Å². The second-order valence-electron chi connectivity index (χ2n) is 6.88. The van der Waals surface area contributed by atoms with E-state index in [4.69, 9.17) is 4.74 Å². The van der Waals surface area contributed by atoms with Crippen molar-refractivity contribution in [2.45, 2.75) is 25.7 Å². The van der Waals surface area contributed by atoms with E-state index in [-0.39, 0.29) is 12.0 Å². The highest BCUT2D eigenvalue weighted by atomic mass is 16.5. The second kappa shape index (κ2) is 9.26. The number of hydrogen-bond acceptors (Lipinski definition) is 4. The molecule has 2 N–H and O–H groups in total. The van der Waals surface area contributed by atoms with Crippen molar-refractivity contribution in [1.29, 1.82) is 0 Å². The molecule has 1 aliphatic heterocycles. The first-order valence-corrected chi connectivity index (χ1v) is 9.69. The predicted octanol–water partition coefficient (Wildman–Crippen LogP) is 4.00. The molecule has 0 atom stereocenters. The Bertz CT molecular complexity index is 815. The topological polar surface area (TPSA) is 70.7 Å². The van der Waals surface area contributed by atoms with Crippen LogP contribution in [0.1, 0.15) is 41.6 Å². The molecule has 2 amide bonds. The fourth-order valence-electron chi connectivity index (χ4n) is 3.65. The molecule has 0 aromatic heterocycles. The van der Waals surface area contributed by atoms with E-state index in [0.717, 1.165) is 31.6 Å². The summed E-state index contributed by atoms with van der Waals surface area (Å²) in [5, 5.41) is 5.63. The van der Waals surface area contributed by atoms with E-state index in [1.807, 2.05) is 13.0 Å². The summed E-state index contributed by atoms with van der Waals surface area (Å²) in [6.07, 6.45) is 2.04. The Kier molecular flexibility index (Phi) is 6.53. The molecule has 1 saturated heterocycles. The van der Waals surface area contributed by atoms with Gasteiger partial charge in [0, 0.05) is 19.6 Å². The molecule has 2 aromatic rings. The maximum absolute atomic E-state index is 12.0. The van der Waals surface area contributed by atoms with Crippen LogP contribution in [0.2, 0.25) is 0 Å². The third kappa shape index (κ3) is 4.63. The molecule has 148 valence electrons. The lowest BCUT2D eigenvalue weighted by molar-refractivity contribution is 0.0601. The summed E-state index contributed by atoms with van der Waals surface area (Å²) < 4.78 is 4.86. The fraction of sp³-hybridized carbons (Fsp3) is 0.364. The summed E-state index contributed by atoms with van der Waals surface area (Å²) in [6, 6.07) is 15.5. The molecule has 1 aliphatic rings. The van der Waals surface area contributed by atoms with E-state index < -0.39 is 0 Å². The molecule has 0 spiro atoms. The van der Waals surface area contributed by atoms with Crippen LogP contribution in [-0.2, 0) is 4.74 Å². The fourth-order valence-corrected chi connectivity index (χ4v) is 3.65. The van der Waals surface area contributed by atoms with Crippen LogP contribution in [0.15, 0.2) is 48.5 Å². The van der Waals surface area contributed by atoms with E-state index in [1.54, 1.807) is 18.2 Å². The van der Waals surface area contributed by atoms with Gasteiger partial charge in [-0.1, -0.05) is 30.3 Å². The van der Waals surface area contributed by atoms with Gasteiger partial charge in [-0.25, -0.2) is 9.59 Å². The summed E-state index contributed by atoms with van der Waals surface area (Å²) in [7, 11) is 1.37. The van der Waals surface area contributed by atoms with Crippen molar-refractivity contribution < 1.29 is 14.3 Å². The quantitative estimate of drug-likeness (QED) is 0.768. The molecule has 1 fully saturated rings. The first kappa shape index (κ1) is 19.7. The number of carbonyl (C=O) groups is 2. The van der Waals surface area contributed by atoms with Crippen LogP contribution >= 0.6 is 0 Å². The molecule has 3 rings (SSSR count). The minimum atomic E-state index is -0.384. The molecule has 0 unspecified atom stereocenters. The number of ether oxygens (including phenoxy) is 1. The van der Waals surface area contributed by atoms with Gasteiger partial charge >= 0.3 is 12.0 Å². The Morgan fingerprint density at radius 3 is 2.46 bits per heavy atom. The maximum atomic E-state index is 12.0. The number of urea groups is 1. The van der Waals surface area contributed by atoms with E-state index in [9.17, 15) is 9.59 Å². The lowest BCUT2D eigenvalue weighted by atomic mass is 9.89. The van der Waals surface area contributed by atoms with Crippen LogP contribution in [0.3, 0.4) is 0 Å². The number of rotatable bonds is 5. The predicted molar refractivity (Wildman–Crippen MR) is 111 cm³/mol. The Morgan fingerprint density at radius 2 is 1.82 bits per heavy atom. The van der Waals surface area contributed by atoms with Crippen molar-refractivity contribution in [2.24, 2.45) is 0 Å². The zero-order chi connectivity index (χ0) is 19.9. The van der Waals surface area contributed by atoms with Crippen LogP contribution in [0.5, 0.6) is 0 Å². The lowest BCUT2D eigenvalue weighted by Crippen LogP contribution is -2.35. The number of piperidine rings is 1. The summed E-state index contributed by atoms with van der Waals surface area (Å²) >= 11 is 0. The standard InChI is InChI=1S/C22H27N3O3/c1-3-23-22(27)24-19-10-9-18(21(26)28-2)15-20(19)25-13-11-17(12-14-25)16-7-5-4-6-8-16/h4-10,15,17H,3,11-14H2,1-2H3,(H2,23,24,27). The Balaban J connectivity index is 1.80. The molecule has 6 heteroatoms. The third-order valence-electron chi connectivity index (χ3n) is 5.11. The number of methoxy groups -OCH3 is 1. The maximum Gasteiger partial charge on any atom is 0.337 e. The number of anilines is 2. The van der Waals surface area contributed by atoms with Crippen molar-refractivity contribution in [2.75, 3.05) is 37.0 Å². The first-order valence-electron chi connectivity index (χ1n) is 9.69. The smallest absolute Gasteiger partial charge is 0.337 e. The minimum absolute atomic E-state index is 0.256. The molecule has 2 aromatic carbocycles. The van der Waals surface area contributed by atoms with Gasteiger partial charge in [-0.3, -0.25) is 0 Å². The molecule has 28 heavy (non-hydrogen) atoms. The first-order chi connectivity index (χ1) is 13.6. The molecule has 0 saturated carbocycles. The Labute approximate surface area is 165 Å². The van der Waals surface area contributed by atoms with Crippen LogP contribution in [0.25, 0.3) is 0 Å². The monoisotopic (exact) mass is 381 g/mol. The Morgan fingerprint density at radius 1 is 1.11 bits per heavy atom. The number of nitrogens with zero attached hydrogens (tertiary/aromatic N) is 1. The number of benzene rings is 2. The number of carbonyl (C=O) groups excluding carboxylic acids is 2. The highest BCUT2D eigenvalue weighted by molar-refractivity contribution is 5.97. The summed E-state index contributed by atoms with van der Waals surface area (Å²) in [6.45, 7) is 4.13. The number of amides is 2.